The minimum Gasteiger partial charge on any atom is -0.481 e. The number of aliphatic carboxylic acids is 1. The first kappa shape index (κ1) is 18.1. The van der Waals surface area contributed by atoms with Gasteiger partial charge in [-0.1, -0.05) is 19.1 Å². The van der Waals surface area contributed by atoms with Gasteiger partial charge in [-0.25, -0.2) is 0 Å². The van der Waals surface area contributed by atoms with Crippen molar-refractivity contribution in [3.05, 3.63) is 12.2 Å². The lowest BCUT2D eigenvalue weighted by Crippen LogP contribution is -2.46. The van der Waals surface area contributed by atoms with Crippen LogP contribution >= 0.6 is 0 Å². The topological polar surface area (TPSA) is 57.5 Å². The average molecular weight is 272 g/mol. The number of allylic oxidation sites excluding steroid dienone is 2. The van der Waals surface area contributed by atoms with Crippen LogP contribution in [0.4, 0.5) is 0 Å². The van der Waals surface area contributed by atoms with Crippen molar-refractivity contribution in [2.45, 2.75) is 45.6 Å². The van der Waals surface area contributed by atoms with E-state index in [1.54, 1.807) is 6.92 Å². The van der Waals surface area contributed by atoms with Crippen molar-refractivity contribution in [2.24, 2.45) is 5.92 Å². The highest BCUT2D eigenvalue weighted by Crippen LogP contribution is 2.11. The predicted octanol–water partition coefficient (Wildman–Crippen LogP) is 2.28. The molecule has 0 aromatic rings. The van der Waals surface area contributed by atoms with E-state index in [9.17, 15) is 9.90 Å². The van der Waals surface area contributed by atoms with E-state index in [1.807, 2.05) is 27.1 Å². The zero-order valence-electron chi connectivity index (χ0n) is 12.8. The molecular formula is C15H30NO3+. The van der Waals surface area contributed by atoms with Gasteiger partial charge in [-0.05, 0) is 26.2 Å². The van der Waals surface area contributed by atoms with Crippen LogP contribution in [0.3, 0.4) is 0 Å². The molecular weight excluding hydrogens is 242 g/mol. The van der Waals surface area contributed by atoms with Crippen molar-refractivity contribution in [1.29, 1.82) is 0 Å². The largest absolute Gasteiger partial charge is 0.481 e. The second-order valence-corrected chi connectivity index (χ2v) is 6.02. The third-order valence-corrected chi connectivity index (χ3v) is 3.44. The van der Waals surface area contributed by atoms with Crippen LogP contribution in [-0.4, -0.2) is 54.0 Å². The van der Waals surface area contributed by atoms with Gasteiger partial charge in [0.15, 0.2) is 0 Å². The summed E-state index contributed by atoms with van der Waals surface area (Å²) in [5, 5.41) is 18.9. The number of hydrogen-bond acceptors (Lipinski definition) is 2. The van der Waals surface area contributed by atoms with Gasteiger partial charge in [-0.3, -0.25) is 4.79 Å². The Labute approximate surface area is 117 Å². The van der Waals surface area contributed by atoms with Crippen LogP contribution in [0.1, 0.15) is 39.5 Å². The van der Waals surface area contributed by atoms with Crippen LogP contribution in [0.25, 0.3) is 0 Å². The fourth-order valence-corrected chi connectivity index (χ4v) is 2.06. The lowest BCUT2D eigenvalue weighted by atomic mass is 10.1. The van der Waals surface area contributed by atoms with Gasteiger partial charge in [-0.2, -0.15) is 0 Å². The van der Waals surface area contributed by atoms with E-state index in [2.05, 4.69) is 6.08 Å². The first-order valence-electron chi connectivity index (χ1n) is 7.12. The van der Waals surface area contributed by atoms with Crippen molar-refractivity contribution < 1.29 is 19.5 Å². The zero-order valence-corrected chi connectivity index (χ0v) is 12.8. The molecule has 0 aliphatic rings. The molecule has 2 N–H and O–H groups in total. The molecule has 112 valence electrons. The smallest absolute Gasteiger partial charge is 0.306 e. The van der Waals surface area contributed by atoms with E-state index in [0.717, 1.165) is 25.8 Å². The van der Waals surface area contributed by atoms with E-state index in [-0.39, 0.29) is 12.0 Å². The number of hydrogen-bond donors (Lipinski definition) is 2. The van der Waals surface area contributed by atoms with Crippen LogP contribution in [-0.2, 0) is 4.79 Å². The summed E-state index contributed by atoms with van der Waals surface area (Å²) in [5.41, 5.74) is 0. The fourth-order valence-electron chi connectivity index (χ4n) is 2.06. The molecule has 19 heavy (non-hydrogen) atoms. The normalized spacial score (nSPS) is 15.6. The summed E-state index contributed by atoms with van der Waals surface area (Å²) in [6.45, 7) is 5.19. The van der Waals surface area contributed by atoms with E-state index < -0.39 is 5.97 Å². The fraction of sp³-hybridized carbons (Fsp3) is 0.800. The first-order chi connectivity index (χ1) is 8.78. The van der Waals surface area contributed by atoms with Crippen LogP contribution in [0.5, 0.6) is 0 Å². The Morgan fingerprint density at radius 2 is 1.95 bits per heavy atom. The molecule has 4 nitrogen and oxygen atoms in total. The van der Waals surface area contributed by atoms with Crippen LogP contribution in [0.2, 0.25) is 0 Å². The third kappa shape index (κ3) is 9.68. The van der Waals surface area contributed by atoms with Gasteiger partial charge in [0.05, 0.1) is 26.6 Å². The molecule has 0 amide bonds. The molecule has 0 heterocycles. The summed E-state index contributed by atoms with van der Waals surface area (Å²) in [7, 11) is 4.09. The van der Waals surface area contributed by atoms with E-state index in [0.29, 0.717) is 17.4 Å². The molecule has 0 rings (SSSR count). The Bertz CT molecular complexity index is 287. The molecule has 4 heteroatoms. The molecule has 0 aromatic carbocycles. The molecule has 0 spiro atoms. The predicted molar refractivity (Wildman–Crippen MR) is 77.9 cm³/mol. The quantitative estimate of drug-likeness (QED) is 0.364. The van der Waals surface area contributed by atoms with Gasteiger partial charge >= 0.3 is 5.97 Å². The highest BCUT2D eigenvalue weighted by molar-refractivity contribution is 5.69. The Kier molecular flexibility index (Phi) is 8.68. The number of likely N-dealkylation sites (N-methyl/N-ethyl adjacent to an activating group) is 1. The summed E-state index contributed by atoms with van der Waals surface area (Å²) >= 11 is 0. The molecule has 0 fully saturated rings. The van der Waals surface area contributed by atoms with Crippen LogP contribution in [0.15, 0.2) is 12.2 Å². The van der Waals surface area contributed by atoms with Crippen LogP contribution < -0.4 is 0 Å². The van der Waals surface area contributed by atoms with Gasteiger partial charge in [0.25, 0.3) is 0 Å². The number of carboxylic acid groups (broad SMARTS) is 1. The number of nitrogens with zero attached hydrogens (tertiary/aromatic N) is 1. The van der Waals surface area contributed by atoms with Gasteiger partial charge in [0.2, 0.25) is 0 Å². The maximum atomic E-state index is 10.8. The van der Waals surface area contributed by atoms with Crippen molar-refractivity contribution in [1.82, 2.24) is 0 Å². The Hall–Kier alpha value is -0.870. The Morgan fingerprint density at radius 1 is 1.32 bits per heavy atom. The summed E-state index contributed by atoms with van der Waals surface area (Å²) in [4.78, 5) is 10.8. The second kappa shape index (κ2) is 9.10. The molecule has 0 aliphatic carbocycles. The lowest BCUT2D eigenvalue weighted by Gasteiger charge is -2.32. The maximum Gasteiger partial charge on any atom is 0.306 e. The Morgan fingerprint density at radius 3 is 2.47 bits per heavy atom. The minimum absolute atomic E-state index is 0.305. The number of carbonyl (C=O) groups is 1. The zero-order chi connectivity index (χ0) is 14.9. The van der Waals surface area contributed by atoms with Gasteiger partial charge < -0.3 is 14.7 Å². The van der Waals surface area contributed by atoms with Crippen molar-refractivity contribution >= 4 is 5.97 Å². The van der Waals surface area contributed by atoms with Gasteiger partial charge in [0.1, 0.15) is 12.6 Å². The SMILES string of the molecule is C/C=C/CCCC(O)C[N+](C)(C)CCC(C)C(=O)O. The number of rotatable bonds is 10. The summed E-state index contributed by atoms with van der Waals surface area (Å²) in [6, 6.07) is 0. The van der Waals surface area contributed by atoms with E-state index in [4.69, 9.17) is 5.11 Å². The average Bonchev–Trinajstić information content (AvgIpc) is 2.31. The highest BCUT2D eigenvalue weighted by atomic mass is 16.4. The van der Waals surface area contributed by atoms with E-state index in [1.165, 1.54) is 0 Å². The molecule has 0 radical (unpaired) electrons. The maximum absolute atomic E-state index is 10.8. The number of aliphatic hydroxyl groups is 1. The second-order valence-electron chi connectivity index (χ2n) is 6.02. The van der Waals surface area contributed by atoms with Crippen molar-refractivity contribution in [2.75, 3.05) is 27.2 Å². The highest BCUT2D eigenvalue weighted by Gasteiger charge is 2.22. The molecule has 0 aliphatic heterocycles. The molecule has 0 saturated heterocycles. The van der Waals surface area contributed by atoms with Gasteiger partial charge in [-0.15, -0.1) is 0 Å². The number of quaternary nitrogens is 1. The van der Waals surface area contributed by atoms with Crippen LogP contribution in [0, 0.1) is 5.92 Å². The van der Waals surface area contributed by atoms with E-state index >= 15 is 0 Å². The number of aliphatic hydroxyl groups excluding tert-OH is 1. The molecule has 0 bridgehead atoms. The monoisotopic (exact) mass is 272 g/mol. The lowest BCUT2D eigenvalue weighted by molar-refractivity contribution is -0.893. The van der Waals surface area contributed by atoms with Crippen molar-refractivity contribution in [3.8, 4) is 0 Å². The molecule has 0 aromatic heterocycles. The summed E-state index contributed by atoms with van der Waals surface area (Å²) in [5.74, 6) is -1.06. The number of unbranched alkanes of at least 4 members (excludes halogenated alkanes) is 1. The molecule has 2 atom stereocenters. The first-order valence-corrected chi connectivity index (χ1v) is 7.12. The van der Waals surface area contributed by atoms with Gasteiger partial charge in [0, 0.05) is 6.42 Å². The minimum atomic E-state index is -0.744. The standard InChI is InChI=1S/C15H29NO3/c1-5-6-7-8-9-14(17)12-16(3,4)11-10-13(2)15(18)19/h5-6,13-14,17H,7-12H2,1-4H3/p+1/b6-5+. The summed E-state index contributed by atoms with van der Waals surface area (Å²) < 4.78 is 0.669. The third-order valence-electron chi connectivity index (χ3n) is 3.44. The summed E-state index contributed by atoms with van der Waals surface area (Å²) in [6.07, 6.45) is 7.30. The Balaban J connectivity index is 3.96. The number of carboxylic acids is 1. The molecule has 0 saturated carbocycles. The van der Waals surface area contributed by atoms with Crippen molar-refractivity contribution in [3.63, 3.8) is 0 Å². The molecule has 2 unspecified atom stereocenters.